The Kier molecular flexibility index (Phi) is 6.40. The monoisotopic (exact) mass is 463 g/mol. The van der Waals surface area contributed by atoms with Gasteiger partial charge >= 0.3 is 0 Å². The van der Waals surface area contributed by atoms with Crippen LogP contribution < -0.4 is 0 Å². The summed E-state index contributed by atoms with van der Waals surface area (Å²) < 4.78 is 0. The number of nitrogens with zero attached hydrogens (tertiary/aromatic N) is 3. The fourth-order valence-corrected chi connectivity index (χ4v) is 5.18. The maximum Gasteiger partial charge on any atom is 0.164 e. The van der Waals surface area contributed by atoms with E-state index < -0.39 is 0 Å². The van der Waals surface area contributed by atoms with Crippen molar-refractivity contribution in [1.82, 2.24) is 15.0 Å². The number of benzene rings is 3. The highest BCUT2D eigenvalue weighted by atomic mass is 15.0. The van der Waals surface area contributed by atoms with Crippen molar-refractivity contribution in [2.75, 3.05) is 0 Å². The van der Waals surface area contributed by atoms with E-state index in [9.17, 15) is 0 Å². The molecule has 0 spiro atoms. The zero-order chi connectivity index (χ0) is 25.8. The van der Waals surface area contributed by atoms with Gasteiger partial charge in [-0.25, -0.2) is 15.0 Å². The largest absolute Gasteiger partial charge is 0.208 e. The first-order valence-electron chi connectivity index (χ1n) is 12.4. The molecule has 0 fully saturated rings. The van der Waals surface area contributed by atoms with Crippen LogP contribution in [0.2, 0.25) is 0 Å². The van der Waals surface area contributed by atoms with Crippen molar-refractivity contribution < 1.29 is 0 Å². The minimum absolute atomic E-state index is 0.720. The topological polar surface area (TPSA) is 38.7 Å². The molecule has 0 aliphatic heterocycles. The summed E-state index contributed by atoms with van der Waals surface area (Å²) in [6.07, 6.45) is 0. The molecule has 0 bridgehead atoms. The van der Waals surface area contributed by atoms with E-state index in [-0.39, 0.29) is 0 Å². The third kappa shape index (κ3) is 4.07. The van der Waals surface area contributed by atoms with Gasteiger partial charge in [-0.1, -0.05) is 23.8 Å². The van der Waals surface area contributed by atoms with Crippen LogP contribution >= 0.6 is 0 Å². The summed E-state index contributed by atoms with van der Waals surface area (Å²) in [5.74, 6) is 2.22. The van der Waals surface area contributed by atoms with Crippen LogP contribution in [0.3, 0.4) is 0 Å². The number of hydrogen-bond acceptors (Lipinski definition) is 3. The van der Waals surface area contributed by atoms with Gasteiger partial charge in [0.1, 0.15) is 0 Å². The molecular weight excluding hydrogens is 426 g/mol. The van der Waals surface area contributed by atoms with Crippen molar-refractivity contribution in [3.63, 3.8) is 0 Å². The quantitative estimate of drug-likeness (QED) is 0.307. The first-order chi connectivity index (χ1) is 16.4. The van der Waals surface area contributed by atoms with Crippen LogP contribution in [0, 0.1) is 76.2 Å². The second-order valence-corrected chi connectivity index (χ2v) is 10.2. The molecule has 3 heteroatoms. The molecule has 0 atom stereocenters. The smallest absolute Gasteiger partial charge is 0.164 e. The molecule has 0 amide bonds. The summed E-state index contributed by atoms with van der Waals surface area (Å²) >= 11 is 0. The average molecular weight is 464 g/mol. The van der Waals surface area contributed by atoms with Gasteiger partial charge in [0.05, 0.1) is 0 Å². The average Bonchev–Trinajstić information content (AvgIpc) is 2.84. The van der Waals surface area contributed by atoms with Gasteiger partial charge in [-0.2, -0.15) is 0 Å². The Hall–Kier alpha value is -3.33. The van der Waals surface area contributed by atoms with E-state index in [1.54, 1.807) is 0 Å². The predicted molar refractivity (Wildman–Crippen MR) is 148 cm³/mol. The molecule has 180 valence electrons. The third-order valence-electron chi connectivity index (χ3n) is 8.36. The van der Waals surface area contributed by atoms with Crippen molar-refractivity contribution in [2.45, 2.75) is 76.2 Å². The maximum absolute atomic E-state index is 5.17. The molecule has 0 aliphatic carbocycles. The standard InChI is InChI=1S/C32H37N3/c1-16-13-12-14-27(15-16)30-33-31(28-23(8)19(4)17(2)20(5)24(28)9)35-32(34-30)29-25(10)21(6)18(3)22(7)26(29)11/h12-15H,1-11H3. The van der Waals surface area contributed by atoms with Gasteiger partial charge in [-0.15, -0.1) is 0 Å². The van der Waals surface area contributed by atoms with E-state index in [0.29, 0.717) is 0 Å². The minimum atomic E-state index is 0.720. The molecule has 3 aromatic carbocycles. The molecule has 0 saturated carbocycles. The van der Waals surface area contributed by atoms with Gasteiger partial charge in [-0.3, -0.25) is 0 Å². The van der Waals surface area contributed by atoms with Crippen LogP contribution in [0.25, 0.3) is 34.2 Å². The predicted octanol–water partition coefficient (Wildman–Crippen LogP) is 8.27. The first kappa shape index (κ1) is 24.8. The van der Waals surface area contributed by atoms with Crippen molar-refractivity contribution in [1.29, 1.82) is 0 Å². The van der Waals surface area contributed by atoms with Crippen LogP contribution in [-0.2, 0) is 0 Å². The first-order valence-corrected chi connectivity index (χ1v) is 12.4. The van der Waals surface area contributed by atoms with E-state index in [2.05, 4.69) is 100 Å². The Morgan fingerprint density at radius 3 is 1.11 bits per heavy atom. The lowest BCUT2D eigenvalue weighted by molar-refractivity contribution is 1.04. The molecule has 0 aliphatic rings. The highest BCUT2D eigenvalue weighted by Gasteiger charge is 2.22. The van der Waals surface area contributed by atoms with Gasteiger partial charge in [0.25, 0.3) is 0 Å². The van der Waals surface area contributed by atoms with Gasteiger partial charge in [0, 0.05) is 16.7 Å². The van der Waals surface area contributed by atoms with Crippen LogP contribution in [0.4, 0.5) is 0 Å². The van der Waals surface area contributed by atoms with Gasteiger partial charge in [0.15, 0.2) is 17.5 Å². The maximum atomic E-state index is 5.17. The van der Waals surface area contributed by atoms with Crippen LogP contribution in [0.1, 0.15) is 61.2 Å². The highest BCUT2D eigenvalue weighted by Crippen LogP contribution is 2.37. The summed E-state index contributed by atoms with van der Waals surface area (Å²) in [6, 6.07) is 8.42. The Balaban J connectivity index is 2.13. The number of rotatable bonds is 3. The lowest BCUT2D eigenvalue weighted by atomic mass is 9.88. The van der Waals surface area contributed by atoms with Crippen LogP contribution in [0.15, 0.2) is 24.3 Å². The molecule has 1 heterocycles. The Morgan fingerprint density at radius 2 is 0.743 bits per heavy atom. The SMILES string of the molecule is Cc1cccc(-c2nc(-c3c(C)c(C)c(C)c(C)c3C)nc(-c3c(C)c(C)c(C)c(C)c3C)n2)c1. The van der Waals surface area contributed by atoms with Crippen molar-refractivity contribution in [2.24, 2.45) is 0 Å². The van der Waals surface area contributed by atoms with Gasteiger partial charge in [-0.05, 0) is 138 Å². The third-order valence-corrected chi connectivity index (χ3v) is 8.36. The van der Waals surface area contributed by atoms with Crippen LogP contribution in [0.5, 0.6) is 0 Å². The molecule has 0 N–H and O–H groups in total. The molecule has 1 aromatic heterocycles. The second kappa shape index (κ2) is 9.03. The molecule has 4 rings (SSSR count). The van der Waals surface area contributed by atoms with E-state index in [1.165, 1.54) is 61.2 Å². The van der Waals surface area contributed by atoms with E-state index >= 15 is 0 Å². The summed E-state index contributed by atoms with van der Waals surface area (Å²) in [5, 5.41) is 0. The zero-order valence-corrected chi connectivity index (χ0v) is 23.2. The summed E-state index contributed by atoms with van der Waals surface area (Å²) in [5.41, 5.74) is 17.3. The molecule has 0 unspecified atom stereocenters. The number of aromatic nitrogens is 3. The Bertz CT molecular complexity index is 1350. The fourth-order valence-electron chi connectivity index (χ4n) is 5.18. The highest BCUT2D eigenvalue weighted by molar-refractivity contribution is 5.76. The molecule has 35 heavy (non-hydrogen) atoms. The lowest BCUT2D eigenvalue weighted by Gasteiger charge is -2.20. The van der Waals surface area contributed by atoms with E-state index in [1.807, 2.05) is 0 Å². The molecule has 0 radical (unpaired) electrons. The summed E-state index contributed by atoms with van der Waals surface area (Å²) in [4.78, 5) is 15.3. The molecule has 3 nitrogen and oxygen atoms in total. The second-order valence-electron chi connectivity index (χ2n) is 10.2. The van der Waals surface area contributed by atoms with Crippen molar-refractivity contribution >= 4 is 0 Å². The number of aryl methyl sites for hydroxylation is 1. The lowest BCUT2D eigenvalue weighted by Crippen LogP contribution is -2.07. The van der Waals surface area contributed by atoms with E-state index in [0.717, 1.165) is 34.2 Å². The summed E-state index contributed by atoms with van der Waals surface area (Å²) in [6.45, 7) is 24.1. The van der Waals surface area contributed by atoms with Crippen LogP contribution in [-0.4, -0.2) is 15.0 Å². The molecule has 4 aromatic rings. The molecule has 0 saturated heterocycles. The fraction of sp³-hybridized carbons (Fsp3) is 0.344. The normalized spacial score (nSPS) is 11.3. The number of hydrogen-bond donors (Lipinski definition) is 0. The Labute approximate surface area is 210 Å². The van der Waals surface area contributed by atoms with Crippen molar-refractivity contribution in [3.8, 4) is 34.2 Å². The van der Waals surface area contributed by atoms with E-state index in [4.69, 9.17) is 15.0 Å². The zero-order valence-electron chi connectivity index (χ0n) is 23.2. The summed E-state index contributed by atoms with van der Waals surface area (Å²) in [7, 11) is 0. The van der Waals surface area contributed by atoms with Gasteiger partial charge in [0.2, 0.25) is 0 Å². The van der Waals surface area contributed by atoms with Gasteiger partial charge < -0.3 is 0 Å². The Morgan fingerprint density at radius 1 is 0.400 bits per heavy atom. The minimum Gasteiger partial charge on any atom is -0.208 e. The molecular formula is C32H37N3. The van der Waals surface area contributed by atoms with Crippen molar-refractivity contribution in [3.05, 3.63) is 85.5 Å².